The Hall–Kier alpha value is -3.23. The topological polar surface area (TPSA) is 112 Å². The lowest BCUT2D eigenvalue weighted by molar-refractivity contribution is -0.142. The summed E-state index contributed by atoms with van der Waals surface area (Å²) in [6, 6.07) is 3.26. The molecular formula is C18H22N2O7. The summed E-state index contributed by atoms with van der Waals surface area (Å²) in [6.45, 7) is 3.44. The Morgan fingerprint density at radius 1 is 1.04 bits per heavy atom. The van der Waals surface area contributed by atoms with Crippen molar-refractivity contribution < 1.29 is 33.3 Å². The molecule has 1 unspecified atom stereocenters. The fourth-order valence-electron chi connectivity index (χ4n) is 2.65. The summed E-state index contributed by atoms with van der Waals surface area (Å²) in [5.74, 6) is -0.682. The molecule has 0 bridgehead atoms. The summed E-state index contributed by atoms with van der Waals surface area (Å²) >= 11 is 0. The number of ether oxygens (including phenoxy) is 4. The lowest BCUT2D eigenvalue weighted by Crippen LogP contribution is -2.48. The van der Waals surface area contributed by atoms with Crippen molar-refractivity contribution in [2.75, 3.05) is 27.4 Å². The third-order valence-corrected chi connectivity index (χ3v) is 3.80. The van der Waals surface area contributed by atoms with Crippen LogP contribution in [0.2, 0.25) is 0 Å². The van der Waals surface area contributed by atoms with E-state index < -0.39 is 24.0 Å². The van der Waals surface area contributed by atoms with Gasteiger partial charge in [-0.15, -0.1) is 0 Å². The van der Waals surface area contributed by atoms with Crippen LogP contribution in [0.4, 0.5) is 4.79 Å². The SMILES string of the molecule is CCOC(=O)C1=C(C(=O)OCC)C(c2ccc(OC)cc2OC)NC(=O)N1. The van der Waals surface area contributed by atoms with Gasteiger partial charge in [0.1, 0.15) is 17.2 Å². The van der Waals surface area contributed by atoms with E-state index in [1.54, 1.807) is 32.0 Å². The first kappa shape index (κ1) is 20.1. The largest absolute Gasteiger partial charge is 0.497 e. The molecule has 2 N–H and O–H groups in total. The molecule has 1 aromatic carbocycles. The summed E-state index contributed by atoms with van der Waals surface area (Å²) < 4.78 is 20.6. The van der Waals surface area contributed by atoms with Gasteiger partial charge < -0.3 is 29.6 Å². The van der Waals surface area contributed by atoms with Crippen LogP contribution in [-0.2, 0) is 19.1 Å². The van der Waals surface area contributed by atoms with Crippen molar-refractivity contribution in [3.8, 4) is 11.5 Å². The van der Waals surface area contributed by atoms with Crippen molar-refractivity contribution in [3.05, 3.63) is 35.0 Å². The van der Waals surface area contributed by atoms with Crippen molar-refractivity contribution in [2.45, 2.75) is 19.9 Å². The number of urea groups is 1. The fraction of sp³-hybridized carbons (Fsp3) is 0.389. The number of benzene rings is 1. The minimum absolute atomic E-state index is 0.0710. The summed E-state index contributed by atoms with van der Waals surface area (Å²) in [6.07, 6.45) is 0. The molecule has 1 aromatic rings. The van der Waals surface area contributed by atoms with Gasteiger partial charge in [0.2, 0.25) is 0 Å². The van der Waals surface area contributed by atoms with Crippen LogP contribution in [0.15, 0.2) is 29.5 Å². The van der Waals surface area contributed by atoms with Gasteiger partial charge in [-0.1, -0.05) is 0 Å². The van der Waals surface area contributed by atoms with Crippen LogP contribution in [0.1, 0.15) is 25.5 Å². The van der Waals surface area contributed by atoms with Crippen LogP contribution in [0, 0.1) is 0 Å². The highest BCUT2D eigenvalue weighted by atomic mass is 16.5. The monoisotopic (exact) mass is 378 g/mol. The number of methoxy groups -OCH3 is 2. The molecule has 1 atom stereocenters. The molecule has 1 aliphatic heterocycles. The number of nitrogens with one attached hydrogen (secondary N) is 2. The average molecular weight is 378 g/mol. The van der Waals surface area contributed by atoms with Gasteiger partial charge in [-0.05, 0) is 26.0 Å². The Balaban J connectivity index is 2.64. The second kappa shape index (κ2) is 8.93. The van der Waals surface area contributed by atoms with Gasteiger partial charge >= 0.3 is 18.0 Å². The molecule has 9 nitrogen and oxygen atoms in total. The Morgan fingerprint density at radius 3 is 2.30 bits per heavy atom. The van der Waals surface area contributed by atoms with E-state index in [4.69, 9.17) is 18.9 Å². The lowest BCUT2D eigenvalue weighted by atomic mass is 9.94. The van der Waals surface area contributed by atoms with Crippen LogP contribution in [0.3, 0.4) is 0 Å². The van der Waals surface area contributed by atoms with E-state index in [-0.39, 0.29) is 24.5 Å². The zero-order chi connectivity index (χ0) is 20.0. The summed E-state index contributed by atoms with van der Waals surface area (Å²) in [4.78, 5) is 37.0. The van der Waals surface area contributed by atoms with E-state index in [2.05, 4.69) is 10.6 Å². The fourth-order valence-corrected chi connectivity index (χ4v) is 2.65. The maximum atomic E-state index is 12.6. The Bertz CT molecular complexity index is 773. The molecule has 27 heavy (non-hydrogen) atoms. The average Bonchev–Trinajstić information content (AvgIpc) is 2.66. The van der Waals surface area contributed by atoms with Crippen LogP contribution in [0.5, 0.6) is 11.5 Å². The maximum Gasteiger partial charge on any atom is 0.355 e. The molecule has 0 aromatic heterocycles. The number of rotatable bonds is 7. The van der Waals surface area contributed by atoms with Gasteiger partial charge in [0.05, 0.1) is 39.0 Å². The number of amides is 2. The van der Waals surface area contributed by atoms with Gasteiger partial charge in [0.15, 0.2) is 0 Å². The normalized spacial score (nSPS) is 16.1. The zero-order valence-electron chi connectivity index (χ0n) is 15.6. The van der Waals surface area contributed by atoms with E-state index in [0.29, 0.717) is 17.1 Å². The highest BCUT2D eigenvalue weighted by Crippen LogP contribution is 2.36. The summed E-state index contributed by atoms with van der Waals surface area (Å²) in [5.41, 5.74) is 0.123. The van der Waals surface area contributed by atoms with E-state index in [1.807, 2.05) is 0 Å². The Labute approximate surface area is 156 Å². The van der Waals surface area contributed by atoms with Gasteiger partial charge in [-0.2, -0.15) is 0 Å². The molecule has 0 fully saturated rings. The standard InChI is InChI=1S/C18H22N2O7/c1-5-26-16(21)13-14(11-8-7-10(24-3)9-12(11)25-4)19-18(23)20-15(13)17(22)27-6-2/h7-9,14H,5-6H2,1-4H3,(H2,19,20,23). The first-order valence-corrected chi connectivity index (χ1v) is 8.34. The summed E-state index contributed by atoms with van der Waals surface area (Å²) in [7, 11) is 2.95. The van der Waals surface area contributed by atoms with Gasteiger partial charge in [0, 0.05) is 11.6 Å². The van der Waals surface area contributed by atoms with Crippen LogP contribution in [-0.4, -0.2) is 45.4 Å². The highest BCUT2D eigenvalue weighted by Gasteiger charge is 2.38. The van der Waals surface area contributed by atoms with Crippen molar-refractivity contribution >= 4 is 18.0 Å². The second-order valence-corrected chi connectivity index (χ2v) is 5.37. The molecule has 0 saturated carbocycles. The number of hydrogen-bond donors (Lipinski definition) is 2. The van der Waals surface area contributed by atoms with Gasteiger partial charge in [-0.25, -0.2) is 14.4 Å². The number of carbonyl (C=O) groups is 3. The van der Waals surface area contributed by atoms with Gasteiger partial charge in [0.25, 0.3) is 0 Å². The predicted octanol–water partition coefficient (Wildman–Crippen LogP) is 1.44. The van der Waals surface area contributed by atoms with E-state index in [0.717, 1.165) is 0 Å². The van der Waals surface area contributed by atoms with Crippen LogP contribution < -0.4 is 20.1 Å². The molecule has 0 aliphatic carbocycles. The lowest BCUT2D eigenvalue weighted by Gasteiger charge is -2.29. The highest BCUT2D eigenvalue weighted by molar-refractivity contribution is 6.05. The molecule has 2 amide bonds. The van der Waals surface area contributed by atoms with E-state index in [1.165, 1.54) is 14.2 Å². The molecule has 146 valence electrons. The Morgan fingerprint density at radius 2 is 1.70 bits per heavy atom. The van der Waals surface area contributed by atoms with Crippen molar-refractivity contribution in [1.29, 1.82) is 0 Å². The van der Waals surface area contributed by atoms with Crippen molar-refractivity contribution in [2.24, 2.45) is 0 Å². The first-order chi connectivity index (χ1) is 13.0. The quantitative estimate of drug-likeness (QED) is 0.690. The molecule has 0 saturated heterocycles. The Kier molecular flexibility index (Phi) is 6.64. The molecule has 2 rings (SSSR count). The molecule has 1 aliphatic rings. The van der Waals surface area contributed by atoms with E-state index in [9.17, 15) is 14.4 Å². The van der Waals surface area contributed by atoms with E-state index >= 15 is 0 Å². The summed E-state index contributed by atoms with van der Waals surface area (Å²) in [5, 5.41) is 4.96. The third-order valence-electron chi connectivity index (χ3n) is 3.80. The minimum atomic E-state index is -0.974. The third kappa shape index (κ3) is 4.30. The van der Waals surface area contributed by atoms with Crippen molar-refractivity contribution in [1.82, 2.24) is 10.6 Å². The molecule has 1 heterocycles. The molecule has 9 heteroatoms. The number of hydrogen-bond acceptors (Lipinski definition) is 7. The maximum absolute atomic E-state index is 12.6. The number of esters is 2. The van der Waals surface area contributed by atoms with Crippen LogP contribution in [0.25, 0.3) is 0 Å². The molecular weight excluding hydrogens is 356 g/mol. The molecule has 0 radical (unpaired) electrons. The molecule has 0 spiro atoms. The first-order valence-electron chi connectivity index (χ1n) is 8.34. The smallest absolute Gasteiger partial charge is 0.355 e. The number of carbonyl (C=O) groups excluding carboxylic acids is 3. The second-order valence-electron chi connectivity index (χ2n) is 5.37. The van der Waals surface area contributed by atoms with Gasteiger partial charge in [-0.3, -0.25) is 0 Å². The van der Waals surface area contributed by atoms with Crippen molar-refractivity contribution in [3.63, 3.8) is 0 Å². The predicted molar refractivity (Wildman–Crippen MR) is 94.2 cm³/mol. The zero-order valence-corrected chi connectivity index (χ0v) is 15.6. The van der Waals surface area contributed by atoms with Crippen LogP contribution >= 0.6 is 0 Å². The minimum Gasteiger partial charge on any atom is -0.497 e.